The topological polar surface area (TPSA) is 34.4 Å². The van der Waals surface area contributed by atoms with Crippen LogP contribution >= 0.6 is 0 Å². The number of nitrogens with one attached hydrogen (secondary N) is 1. The summed E-state index contributed by atoms with van der Waals surface area (Å²) in [6, 6.07) is 2.43. The third-order valence-corrected chi connectivity index (χ3v) is 2.99. The van der Waals surface area contributed by atoms with E-state index >= 15 is 0 Å². The molecule has 15 heavy (non-hydrogen) atoms. The SMILES string of the molecule is CCNC(c1ccoc1)C1CCCOC1. The molecule has 0 aromatic carbocycles. The van der Waals surface area contributed by atoms with Gasteiger partial charge in [0.2, 0.25) is 0 Å². The molecule has 0 radical (unpaired) electrons. The van der Waals surface area contributed by atoms with Gasteiger partial charge in [0.15, 0.2) is 0 Å². The largest absolute Gasteiger partial charge is 0.472 e. The zero-order valence-corrected chi connectivity index (χ0v) is 9.24. The van der Waals surface area contributed by atoms with Crippen molar-refractivity contribution in [2.45, 2.75) is 25.8 Å². The van der Waals surface area contributed by atoms with E-state index in [4.69, 9.17) is 9.15 Å². The molecule has 0 saturated carbocycles. The Bertz CT molecular complexity index is 265. The van der Waals surface area contributed by atoms with E-state index in [0.29, 0.717) is 12.0 Å². The molecule has 2 rings (SSSR count). The lowest BCUT2D eigenvalue weighted by Crippen LogP contribution is -2.33. The van der Waals surface area contributed by atoms with Crippen LogP contribution in [0.2, 0.25) is 0 Å². The highest BCUT2D eigenvalue weighted by atomic mass is 16.5. The maximum absolute atomic E-state index is 5.54. The second-order valence-electron chi connectivity index (χ2n) is 4.07. The first-order chi connectivity index (χ1) is 7.42. The lowest BCUT2D eigenvalue weighted by Gasteiger charge is -2.30. The van der Waals surface area contributed by atoms with Gasteiger partial charge < -0.3 is 14.5 Å². The van der Waals surface area contributed by atoms with Gasteiger partial charge >= 0.3 is 0 Å². The predicted molar refractivity (Wildman–Crippen MR) is 58.7 cm³/mol. The van der Waals surface area contributed by atoms with Gasteiger partial charge in [-0.1, -0.05) is 6.92 Å². The maximum atomic E-state index is 5.54. The highest BCUT2D eigenvalue weighted by Crippen LogP contribution is 2.28. The van der Waals surface area contributed by atoms with Crippen LogP contribution < -0.4 is 5.32 Å². The van der Waals surface area contributed by atoms with E-state index in [2.05, 4.69) is 12.2 Å². The summed E-state index contributed by atoms with van der Waals surface area (Å²) in [4.78, 5) is 0. The molecule has 1 aromatic heterocycles. The van der Waals surface area contributed by atoms with Gasteiger partial charge in [-0.05, 0) is 25.5 Å². The third kappa shape index (κ3) is 2.61. The molecule has 1 N–H and O–H groups in total. The van der Waals surface area contributed by atoms with E-state index in [0.717, 1.165) is 19.8 Å². The van der Waals surface area contributed by atoms with Crippen LogP contribution in [0.3, 0.4) is 0 Å². The van der Waals surface area contributed by atoms with Crippen molar-refractivity contribution in [1.29, 1.82) is 0 Å². The second-order valence-corrected chi connectivity index (χ2v) is 4.07. The Labute approximate surface area is 90.8 Å². The molecule has 2 heterocycles. The quantitative estimate of drug-likeness (QED) is 0.826. The average molecular weight is 209 g/mol. The number of ether oxygens (including phenoxy) is 1. The molecule has 0 bridgehead atoms. The minimum Gasteiger partial charge on any atom is -0.472 e. The van der Waals surface area contributed by atoms with Gasteiger partial charge in [-0.15, -0.1) is 0 Å². The molecular formula is C12H19NO2. The zero-order chi connectivity index (χ0) is 10.5. The molecule has 3 nitrogen and oxygen atoms in total. The van der Waals surface area contributed by atoms with Gasteiger partial charge in [-0.25, -0.2) is 0 Å². The average Bonchev–Trinajstić information content (AvgIpc) is 2.80. The van der Waals surface area contributed by atoms with Crippen molar-refractivity contribution in [3.8, 4) is 0 Å². The summed E-state index contributed by atoms with van der Waals surface area (Å²) in [5, 5.41) is 3.51. The number of rotatable bonds is 4. The van der Waals surface area contributed by atoms with Crippen LogP contribution in [0.5, 0.6) is 0 Å². The minimum atomic E-state index is 0.383. The van der Waals surface area contributed by atoms with Crippen molar-refractivity contribution >= 4 is 0 Å². The lowest BCUT2D eigenvalue weighted by atomic mass is 9.90. The monoisotopic (exact) mass is 209 g/mol. The van der Waals surface area contributed by atoms with Gasteiger partial charge in [0.1, 0.15) is 0 Å². The summed E-state index contributed by atoms with van der Waals surface area (Å²) in [6.07, 6.45) is 5.98. The fraction of sp³-hybridized carbons (Fsp3) is 0.667. The molecular weight excluding hydrogens is 190 g/mol. The Kier molecular flexibility index (Phi) is 3.80. The maximum Gasteiger partial charge on any atom is 0.0950 e. The molecule has 1 aliphatic rings. The van der Waals surface area contributed by atoms with Crippen LogP contribution in [0.15, 0.2) is 23.0 Å². The van der Waals surface area contributed by atoms with Crippen LogP contribution in [0, 0.1) is 5.92 Å². The molecule has 3 heteroatoms. The summed E-state index contributed by atoms with van der Waals surface area (Å²) in [5.74, 6) is 0.580. The van der Waals surface area contributed by atoms with E-state index in [1.54, 1.807) is 6.26 Å². The highest BCUT2D eigenvalue weighted by Gasteiger charge is 2.25. The van der Waals surface area contributed by atoms with E-state index in [-0.39, 0.29) is 0 Å². The van der Waals surface area contributed by atoms with Crippen LogP contribution in [0.4, 0.5) is 0 Å². The van der Waals surface area contributed by atoms with Gasteiger partial charge in [0, 0.05) is 24.1 Å². The predicted octanol–water partition coefficient (Wildman–Crippen LogP) is 2.36. The standard InChI is InChI=1S/C12H19NO2/c1-2-13-12(11-5-7-15-9-11)10-4-3-6-14-8-10/h5,7,9-10,12-13H,2-4,6,8H2,1H3. The fourth-order valence-electron chi connectivity index (χ4n) is 2.26. The fourth-order valence-corrected chi connectivity index (χ4v) is 2.26. The number of furan rings is 1. The highest BCUT2D eigenvalue weighted by molar-refractivity contribution is 5.13. The second kappa shape index (κ2) is 5.33. The van der Waals surface area contributed by atoms with Gasteiger partial charge in [-0.2, -0.15) is 0 Å². The van der Waals surface area contributed by atoms with Gasteiger partial charge in [-0.3, -0.25) is 0 Å². The molecule has 2 atom stereocenters. The summed E-state index contributed by atoms with van der Waals surface area (Å²) in [5.41, 5.74) is 1.24. The van der Waals surface area contributed by atoms with Crippen LogP contribution in [-0.2, 0) is 4.74 Å². The molecule has 2 unspecified atom stereocenters. The van der Waals surface area contributed by atoms with Crippen molar-refractivity contribution in [2.75, 3.05) is 19.8 Å². The molecule has 0 amide bonds. The van der Waals surface area contributed by atoms with Gasteiger partial charge in [0.05, 0.1) is 19.1 Å². The molecule has 0 spiro atoms. The lowest BCUT2D eigenvalue weighted by molar-refractivity contribution is 0.0392. The van der Waals surface area contributed by atoms with E-state index < -0.39 is 0 Å². The Hall–Kier alpha value is -0.800. The van der Waals surface area contributed by atoms with Crippen LogP contribution in [0.25, 0.3) is 0 Å². The van der Waals surface area contributed by atoms with Gasteiger partial charge in [0.25, 0.3) is 0 Å². The van der Waals surface area contributed by atoms with Crippen molar-refractivity contribution in [1.82, 2.24) is 5.32 Å². The molecule has 1 aliphatic heterocycles. The molecule has 1 fully saturated rings. The molecule has 84 valence electrons. The zero-order valence-electron chi connectivity index (χ0n) is 9.24. The number of hydrogen-bond donors (Lipinski definition) is 1. The first kappa shape index (κ1) is 10.7. The summed E-state index contributed by atoms with van der Waals surface area (Å²) in [7, 11) is 0. The van der Waals surface area contributed by atoms with Crippen LogP contribution in [0.1, 0.15) is 31.4 Å². The van der Waals surface area contributed by atoms with Crippen molar-refractivity contribution < 1.29 is 9.15 Å². The smallest absolute Gasteiger partial charge is 0.0950 e. The van der Waals surface area contributed by atoms with E-state index in [1.165, 1.54) is 18.4 Å². The Morgan fingerprint density at radius 2 is 2.53 bits per heavy atom. The summed E-state index contributed by atoms with van der Waals surface area (Å²) >= 11 is 0. The van der Waals surface area contributed by atoms with Crippen molar-refractivity contribution in [3.05, 3.63) is 24.2 Å². The van der Waals surface area contributed by atoms with E-state index in [9.17, 15) is 0 Å². The normalized spacial score (nSPS) is 23.9. The molecule has 1 aromatic rings. The summed E-state index contributed by atoms with van der Waals surface area (Å²) in [6.45, 7) is 4.90. The van der Waals surface area contributed by atoms with Crippen molar-refractivity contribution in [3.63, 3.8) is 0 Å². The van der Waals surface area contributed by atoms with Crippen molar-refractivity contribution in [2.24, 2.45) is 5.92 Å². The molecule has 0 aliphatic carbocycles. The third-order valence-electron chi connectivity index (χ3n) is 2.99. The minimum absolute atomic E-state index is 0.383. The summed E-state index contributed by atoms with van der Waals surface area (Å²) < 4.78 is 10.7. The first-order valence-electron chi connectivity index (χ1n) is 5.75. The van der Waals surface area contributed by atoms with E-state index in [1.807, 2.05) is 12.3 Å². The Morgan fingerprint density at radius 3 is 3.13 bits per heavy atom. The number of hydrogen-bond acceptors (Lipinski definition) is 3. The molecule has 1 saturated heterocycles. The van der Waals surface area contributed by atoms with Crippen LogP contribution in [-0.4, -0.2) is 19.8 Å². The first-order valence-corrected chi connectivity index (χ1v) is 5.75. The Balaban J connectivity index is 2.04. The Morgan fingerprint density at radius 1 is 1.60 bits per heavy atom.